The largest absolute Gasteiger partial charge is 0.478 e. The van der Waals surface area contributed by atoms with Gasteiger partial charge in [0.25, 0.3) is 0 Å². The predicted octanol–water partition coefficient (Wildman–Crippen LogP) is 1.26. The van der Waals surface area contributed by atoms with E-state index in [1.54, 1.807) is 6.92 Å². The quantitative estimate of drug-likeness (QED) is 0.801. The second-order valence-corrected chi connectivity index (χ2v) is 4.71. The maximum absolute atomic E-state index is 10.9. The molecule has 0 aliphatic rings. The number of hydrogen-bond donors (Lipinski definition) is 1. The first-order chi connectivity index (χ1) is 8.95. The smallest absolute Gasteiger partial charge is 0.339 e. The lowest BCUT2D eigenvalue weighted by molar-refractivity contribution is 0.0695. The molecular weight excluding hydrogens is 244 g/mol. The number of aromatic carboxylic acids is 1. The molecule has 1 N–H and O–H groups in total. The van der Waals surface area contributed by atoms with E-state index in [1.807, 2.05) is 21.0 Å². The Bertz CT molecular complexity index is 435. The van der Waals surface area contributed by atoms with Gasteiger partial charge >= 0.3 is 5.97 Å². The van der Waals surface area contributed by atoms with Crippen LogP contribution in [0.1, 0.15) is 29.4 Å². The van der Waals surface area contributed by atoms with E-state index in [-0.39, 0.29) is 5.56 Å². The molecule has 6 heteroatoms. The Balaban J connectivity index is 2.76. The summed E-state index contributed by atoms with van der Waals surface area (Å²) >= 11 is 0. The molecule has 0 fully saturated rings. The molecule has 1 rings (SSSR count). The van der Waals surface area contributed by atoms with Gasteiger partial charge in [-0.2, -0.15) is 0 Å². The minimum atomic E-state index is -0.986. The molecule has 19 heavy (non-hydrogen) atoms. The molecule has 0 amide bonds. The highest BCUT2D eigenvalue weighted by Crippen LogP contribution is 2.11. The molecule has 0 saturated carbocycles. The molecule has 1 aromatic heterocycles. The van der Waals surface area contributed by atoms with Crippen molar-refractivity contribution in [3.63, 3.8) is 0 Å². The van der Waals surface area contributed by atoms with Crippen LogP contribution in [0.3, 0.4) is 0 Å². The molecule has 0 aliphatic heterocycles. The standard InChI is InChI=1S/C13H22N4O2/c1-5-17(8-6-7-16(3)4)13-14-9-11(12(18)19)10(2)15-13/h9H,5-8H2,1-4H3,(H,18,19). The van der Waals surface area contributed by atoms with Crippen LogP contribution in [0.5, 0.6) is 0 Å². The van der Waals surface area contributed by atoms with E-state index in [9.17, 15) is 4.79 Å². The molecule has 0 bridgehead atoms. The van der Waals surface area contributed by atoms with Crippen LogP contribution in [0.15, 0.2) is 6.20 Å². The normalized spacial score (nSPS) is 10.8. The van der Waals surface area contributed by atoms with Crippen LogP contribution < -0.4 is 4.90 Å². The Hall–Kier alpha value is -1.69. The number of carboxylic acids is 1. The highest BCUT2D eigenvalue weighted by Gasteiger charge is 2.13. The van der Waals surface area contributed by atoms with Crippen LogP contribution in [-0.2, 0) is 0 Å². The summed E-state index contributed by atoms with van der Waals surface area (Å²) in [6.45, 7) is 6.41. The fraction of sp³-hybridized carbons (Fsp3) is 0.615. The molecule has 0 spiro atoms. The van der Waals surface area contributed by atoms with E-state index in [4.69, 9.17) is 5.11 Å². The summed E-state index contributed by atoms with van der Waals surface area (Å²) in [5.74, 6) is -0.386. The van der Waals surface area contributed by atoms with Crippen molar-refractivity contribution in [1.82, 2.24) is 14.9 Å². The van der Waals surface area contributed by atoms with Gasteiger partial charge < -0.3 is 14.9 Å². The number of rotatable bonds is 7. The van der Waals surface area contributed by atoms with Crippen molar-refractivity contribution in [3.8, 4) is 0 Å². The molecule has 0 aliphatic carbocycles. The zero-order valence-corrected chi connectivity index (χ0v) is 12.1. The molecule has 1 aromatic rings. The molecule has 6 nitrogen and oxygen atoms in total. The van der Waals surface area contributed by atoms with Gasteiger partial charge in [-0.1, -0.05) is 0 Å². The fourth-order valence-electron chi connectivity index (χ4n) is 1.79. The average molecular weight is 266 g/mol. The van der Waals surface area contributed by atoms with E-state index < -0.39 is 5.97 Å². The summed E-state index contributed by atoms with van der Waals surface area (Å²) in [6, 6.07) is 0. The Morgan fingerprint density at radius 2 is 2.05 bits per heavy atom. The third-order valence-corrected chi connectivity index (χ3v) is 2.89. The zero-order chi connectivity index (χ0) is 14.4. The van der Waals surface area contributed by atoms with E-state index >= 15 is 0 Å². The summed E-state index contributed by atoms with van der Waals surface area (Å²) in [7, 11) is 4.08. The van der Waals surface area contributed by atoms with Gasteiger partial charge in [0, 0.05) is 19.3 Å². The van der Waals surface area contributed by atoms with Crippen LogP contribution in [0.2, 0.25) is 0 Å². The van der Waals surface area contributed by atoms with Crippen LogP contribution in [-0.4, -0.2) is 59.7 Å². The summed E-state index contributed by atoms with van der Waals surface area (Å²) in [5, 5.41) is 8.96. The minimum Gasteiger partial charge on any atom is -0.478 e. The molecule has 0 unspecified atom stereocenters. The SMILES string of the molecule is CCN(CCCN(C)C)c1ncc(C(=O)O)c(C)n1. The maximum atomic E-state index is 10.9. The van der Waals surface area contributed by atoms with Gasteiger partial charge in [-0.05, 0) is 40.9 Å². The van der Waals surface area contributed by atoms with E-state index in [0.29, 0.717) is 11.6 Å². The number of hydrogen-bond acceptors (Lipinski definition) is 5. The average Bonchev–Trinajstić information content (AvgIpc) is 2.33. The topological polar surface area (TPSA) is 69.6 Å². The van der Waals surface area contributed by atoms with Gasteiger partial charge in [0.2, 0.25) is 5.95 Å². The number of anilines is 1. The number of nitrogens with zero attached hydrogens (tertiary/aromatic N) is 4. The number of aryl methyl sites for hydroxylation is 1. The molecule has 1 heterocycles. The molecule has 0 atom stereocenters. The highest BCUT2D eigenvalue weighted by molar-refractivity contribution is 5.88. The fourth-order valence-corrected chi connectivity index (χ4v) is 1.79. The zero-order valence-electron chi connectivity index (χ0n) is 12.1. The summed E-state index contributed by atoms with van der Waals surface area (Å²) in [5.41, 5.74) is 0.664. The van der Waals surface area contributed by atoms with Crippen molar-refractivity contribution in [1.29, 1.82) is 0 Å². The molecule has 106 valence electrons. The van der Waals surface area contributed by atoms with Crippen molar-refractivity contribution in [3.05, 3.63) is 17.5 Å². The van der Waals surface area contributed by atoms with Crippen LogP contribution in [0, 0.1) is 6.92 Å². The summed E-state index contributed by atoms with van der Waals surface area (Å²) < 4.78 is 0. The number of carbonyl (C=O) groups is 1. The van der Waals surface area contributed by atoms with E-state index in [2.05, 4.69) is 19.8 Å². The van der Waals surface area contributed by atoms with Crippen molar-refractivity contribution in [2.24, 2.45) is 0 Å². The lowest BCUT2D eigenvalue weighted by Gasteiger charge is -2.22. The predicted molar refractivity (Wildman–Crippen MR) is 74.8 cm³/mol. The van der Waals surface area contributed by atoms with Gasteiger partial charge in [-0.3, -0.25) is 0 Å². The van der Waals surface area contributed by atoms with Crippen molar-refractivity contribution in [2.75, 3.05) is 38.6 Å². The highest BCUT2D eigenvalue weighted by atomic mass is 16.4. The molecular formula is C13H22N4O2. The lowest BCUT2D eigenvalue weighted by Crippen LogP contribution is -2.29. The third-order valence-electron chi connectivity index (χ3n) is 2.89. The number of aromatic nitrogens is 2. The third kappa shape index (κ3) is 4.48. The van der Waals surface area contributed by atoms with Gasteiger partial charge in [0.05, 0.1) is 11.3 Å². The van der Waals surface area contributed by atoms with E-state index in [1.165, 1.54) is 6.20 Å². The van der Waals surface area contributed by atoms with Crippen LogP contribution >= 0.6 is 0 Å². The van der Waals surface area contributed by atoms with Crippen molar-refractivity contribution < 1.29 is 9.90 Å². The van der Waals surface area contributed by atoms with Crippen LogP contribution in [0.25, 0.3) is 0 Å². The maximum Gasteiger partial charge on any atom is 0.339 e. The Labute approximate surface area is 114 Å². The first-order valence-electron chi connectivity index (χ1n) is 6.42. The second-order valence-electron chi connectivity index (χ2n) is 4.71. The number of carboxylic acid groups (broad SMARTS) is 1. The summed E-state index contributed by atoms with van der Waals surface area (Å²) in [6.07, 6.45) is 2.40. The minimum absolute atomic E-state index is 0.160. The Kier molecular flexibility index (Phi) is 5.69. The Morgan fingerprint density at radius 3 is 2.53 bits per heavy atom. The van der Waals surface area contributed by atoms with Crippen molar-refractivity contribution in [2.45, 2.75) is 20.3 Å². The second kappa shape index (κ2) is 7.04. The van der Waals surface area contributed by atoms with Gasteiger partial charge in [-0.15, -0.1) is 0 Å². The molecule has 0 radical (unpaired) electrons. The first kappa shape index (κ1) is 15.4. The summed E-state index contributed by atoms with van der Waals surface area (Å²) in [4.78, 5) is 23.5. The monoisotopic (exact) mass is 266 g/mol. The van der Waals surface area contributed by atoms with Gasteiger partial charge in [-0.25, -0.2) is 14.8 Å². The Morgan fingerprint density at radius 1 is 1.37 bits per heavy atom. The van der Waals surface area contributed by atoms with E-state index in [0.717, 1.165) is 26.1 Å². The van der Waals surface area contributed by atoms with Crippen molar-refractivity contribution >= 4 is 11.9 Å². The van der Waals surface area contributed by atoms with Gasteiger partial charge in [0.15, 0.2) is 0 Å². The molecule has 0 aromatic carbocycles. The van der Waals surface area contributed by atoms with Crippen LogP contribution in [0.4, 0.5) is 5.95 Å². The molecule has 0 saturated heterocycles. The lowest BCUT2D eigenvalue weighted by atomic mass is 10.2. The van der Waals surface area contributed by atoms with Gasteiger partial charge in [0.1, 0.15) is 0 Å². The first-order valence-corrected chi connectivity index (χ1v) is 6.42.